The first kappa shape index (κ1) is 18.4. The molecule has 0 aromatic carbocycles. The summed E-state index contributed by atoms with van der Waals surface area (Å²) in [5.41, 5.74) is 4.88. The van der Waals surface area contributed by atoms with Gasteiger partial charge in [0.2, 0.25) is 5.91 Å². The summed E-state index contributed by atoms with van der Waals surface area (Å²) in [5, 5.41) is 11.6. The lowest BCUT2D eigenvalue weighted by Gasteiger charge is -2.30. The quantitative estimate of drug-likeness (QED) is 0.524. The number of amides is 1. The summed E-state index contributed by atoms with van der Waals surface area (Å²) in [6.45, 7) is 3.81. The number of carboxylic acid groups (broad SMARTS) is 1. The Morgan fingerprint density at radius 1 is 1.30 bits per heavy atom. The Labute approximate surface area is 118 Å². The molecule has 0 aliphatic carbocycles. The number of carbonyl (C=O) groups excluding carboxylic acids is 2. The van der Waals surface area contributed by atoms with Crippen molar-refractivity contribution in [3.05, 3.63) is 0 Å². The lowest BCUT2D eigenvalue weighted by atomic mass is 9.81. The topological polar surface area (TPSA) is 119 Å². The highest BCUT2D eigenvalue weighted by Crippen LogP contribution is 2.25. The van der Waals surface area contributed by atoms with Crippen molar-refractivity contribution >= 4 is 17.8 Å². The van der Waals surface area contributed by atoms with E-state index in [1.165, 1.54) is 7.11 Å². The number of carboxylic acids is 1. The van der Waals surface area contributed by atoms with Crippen LogP contribution in [0.3, 0.4) is 0 Å². The lowest BCUT2D eigenvalue weighted by molar-refractivity contribution is -0.145. The van der Waals surface area contributed by atoms with E-state index >= 15 is 0 Å². The SMILES string of the molecule is CCC(CC)(CN)C(=O)NC(CCC(=O)OC)C(=O)O. The fourth-order valence-corrected chi connectivity index (χ4v) is 1.89. The number of hydrogen-bond acceptors (Lipinski definition) is 5. The number of ether oxygens (including phenoxy) is 1. The second-order valence-electron chi connectivity index (χ2n) is 4.67. The van der Waals surface area contributed by atoms with Crippen molar-refractivity contribution in [2.75, 3.05) is 13.7 Å². The van der Waals surface area contributed by atoms with Gasteiger partial charge >= 0.3 is 11.9 Å². The molecule has 0 aromatic heterocycles. The van der Waals surface area contributed by atoms with Crippen LogP contribution >= 0.6 is 0 Å². The Bertz CT molecular complexity index is 344. The number of rotatable bonds is 9. The molecule has 4 N–H and O–H groups in total. The number of methoxy groups -OCH3 is 1. The molecule has 0 radical (unpaired) electrons. The van der Waals surface area contributed by atoms with Crippen molar-refractivity contribution < 1.29 is 24.2 Å². The monoisotopic (exact) mass is 288 g/mol. The molecule has 1 unspecified atom stereocenters. The highest BCUT2D eigenvalue weighted by molar-refractivity contribution is 5.87. The number of carbonyl (C=O) groups is 3. The van der Waals surface area contributed by atoms with E-state index in [1.54, 1.807) is 0 Å². The molecule has 7 nitrogen and oxygen atoms in total. The van der Waals surface area contributed by atoms with E-state index in [0.29, 0.717) is 12.8 Å². The van der Waals surface area contributed by atoms with Crippen LogP contribution in [0.15, 0.2) is 0 Å². The number of aliphatic carboxylic acids is 1. The van der Waals surface area contributed by atoms with Gasteiger partial charge in [0.1, 0.15) is 6.04 Å². The molecule has 0 fully saturated rings. The fourth-order valence-electron chi connectivity index (χ4n) is 1.89. The van der Waals surface area contributed by atoms with E-state index in [0.717, 1.165) is 0 Å². The summed E-state index contributed by atoms with van der Waals surface area (Å²) in [6, 6.07) is -1.12. The van der Waals surface area contributed by atoms with Crippen molar-refractivity contribution in [3.8, 4) is 0 Å². The van der Waals surface area contributed by atoms with Gasteiger partial charge in [-0.2, -0.15) is 0 Å². The van der Waals surface area contributed by atoms with Crippen molar-refractivity contribution in [1.82, 2.24) is 5.32 Å². The van der Waals surface area contributed by atoms with Gasteiger partial charge in [0.15, 0.2) is 0 Å². The molecule has 0 aliphatic heterocycles. The normalized spacial score (nSPS) is 12.6. The first-order chi connectivity index (χ1) is 9.36. The van der Waals surface area contributed by atoms with Crippen LogP contribution in [-0.2, 0) is 19.1 Å². The summed E-state index contributed by atoms with van der Waals surface area (Å²) < 4.78 is 4.45. The summed E-state index contributed by atoms with van der Waals surface area (Å²) in [4.78, 5) is 34.4. The highest BCUT2D eigenvalue weighted by Gasteiger charge is 2.35. The smallest absolute Gasteiger partial charge is 0.326 e. The van der Waals surface area contributed by atoms with Crippen molar-refractivity contribution in [3.63, 3.8) is 0 Å². The van der Waals surface area contributed by atoms with E-state index in [9.17, 15) is 14.4 Å². The molecular formula is C13H24N2O5. The van der Waals surface area contributed by atoms with Crippen LogP contribution in [-0.4, -0.2) is 42.6 Å². The third kappa shape index (κ3) is 4.80. The Morgan fingerprint density at radius 3 is 2.20 bits per heavy atom. The van der Waals surface area contributed by atoms with Gasteiger partial charge in [-0.05, 0) is 19.3 Å². The standard InChI is InChI=1S/C13H24N2O5/c1-4-13(5-2,8-14)12(19)15-9(11(17)18)6-7-10(16)20-3/h9H,4-8,14H2,1-3H3,(H,15,19)(H,17,18). The summed E-state index contributed by atoms with van der Waals surface area (Å²) in [7, 11) is 1.23. The minimum atomic E-state index is -1.18. The third-order valence-electron chi connectivity index (χ3n) is 3.69. The van der Waals surface area contributed by atoms with Gasteiger partial charge in [-0.1, -0.05) is 13.8 Å². The predicted octanol–water partition coefficient (Wildman–Crippen LogP) is 0.274. The molecule has 116 valence electrons. The Kier molecular flexibility index (Phi) is 7.83. The van der Waals surface area contributed by atoms with Gasteiger partial charge in [-0.15, -0.1) is 0 Å². The summed E-state index contributed by atoms with van der Waals surface area (Å²) >= 11 is 0. The minimum absolute atomic E-state index is 0.0121. The molecule has 0 saturated heterocycles. The van der Waals surface area contributed by atoms with Crippen LogP contribution in [0, 0.1) is 5.41 Å². The maximum Gasteiger partial charge on any atom is 0.326 e. The van der Waals surface area contributed by atoms with E-state index < -0.39 is 23.4 Å². The van der Waals surface area contributed by atoms with Crippen LogP contribution in [0.2, 0.25) is 0 Å². The zero-order valence-electron chi connectivity index (χ0n) is 12.3. The van der Waals surface area contributed by atoms with Crippen LogP contribution in [0.5, 0.6) is 0 Å². The molecule has 1 atom stereocenters. The molecule has 0 rings (SSSR count). The maximum atomic E-state index is 12.2. The van der Waals surface area contributed by atoms with E-state index in [1.807, 2.05) is 13.8 Å². The molecular weight excluding hydrogens is 264 g/mol. The molecule has 0 bridgehead atoms. The average Bonchev–Trinajstić information content (AvgIpc) is 2.45. The number of esters is 1. The molecule has 0 spiro atoms. The van der Waals surface area contributed by atoms with Gasteiger partial charge < -0.3 is 20.9 Å². The first-order valence-electron chi connectivity index (χ1n) is 6.67. The van der Waals surface area contributed by atoms with Gasteiger partial charge in [-0.25, -0.2) is 4.79 Å². The van der Waals surface area contributed by atoms with Crippen molar-refractivity contribution in [2.24, 2.45) is 11.1 Å². The predicted molar refractivity (Wildman–Crippen MR) is 72.9 cm³/mol. The number of hydrogen-bond donors (Lipinski definition) is 3. The van der Waals surface area contributed by atoms with E-state index in [4.69, 9.17) is 10.8 Å². The van der Waals surface area contributed by atoms with Crippen LogP contribution in [0.1, 0.15) is 39.5 Å². The highest BCUT2D eigenvalue weighted by atomic mass is 16.5. The van der Waals surface area contributed by atoms with Crippen LogP contribution < -0.4 is 11.1 Å². The Balaban J connectivity index is 4.78. The van der Waals surface area contributed by atoms with Gasteiger partial charge in [-0.3, -0.25) is 9.59 Å². The molecule has 0 saturated carbocycles. The van der Waals surface area contributed by atoms with E-state index in [-0.39, 0.29) is 25.3 Å². The van der Waals surface area contributed by atoms with Gasteiger partial charge in [0, 0.05) is 13.0 Å². The summed E-state index contributed by atoms with van der Waals surface area (Å²) in [5.74, 6) is -2.08. The van der Waals surface area contributed by atoms with Crippen LogP contribution in [0.4, 0.5) is 0 Å². The van der Waals surface area contributed by atoms with E-state index in [2.05, 4.69) is 10.1 Å². The maximum absolute atomic E-state index is 12.2. The van der Waals surface area contributed by atoms with Crippen molar-refractivity contribution in [2.45, 2.75) is 45.6 Å². The number of nitrogens with one attached hydrogen (secondary N) is 1. The van der Waals surface area contributed by atoms with Gasteiger partial charge in [0.05, 0.1) is 12.5 Å². The molecule has 0 aromatic rings. The number of nitrogens with two attached hydrogens (primary N) is 1. The third-order valence-corrected chi connectivity index (χ3v) is 3.69. The average molecular weight is 288 g/mol. The molecule has 7 heteroatoms. The second-order valence-corrected chi connectivity index (χ2v) is 4.67. The largest absolute Gasteiger partial charge is 0.480 e. The van der Waals surface area contributed by atoms with Crippen molar-refractivity contribution in [1.29, 1.82) is 0 Å². The Hall–Kier alpha value is -1.63. The second kappa shape index (κ2) is 8.52. The first-order valence-corrected chi connectivity index (χ1v) is 6.67. The summed E-state index contributed by atoms with van der Waals surface area (Å²) in [6.07, 6.45) is 0.966. The molecule has 20 heavy (non-hydrogen) atoms. The van der Waals surface area contributed by atoms with Gasteiger partial charge in [0.25, 0.3) is 0 Å². The Morgan fingerprint density at radius 2 is 1.85 bits per heavy atom. The molecule has 0 heterocycles. The lowest BCUT2D eigenvalue weighted by Crippen LogP contribution is -2.51. The van der Waals surface area contributed by atoms with Crippen LogP contribution in [0.25, 0.3) is 0 Å². The molecule has 1 amide bonds. The zero-order chi connectivity index (χ0) is 15.8. The minimum Gasteiger partial charge on any atom is -0.480 e. The fraction of sp³-hybridized carbons (Fsp3) is 0.769. The molecule has 0 aliphatic rings. The zero-order valence-corrected chi connectivity index (χ0v) is 12.3.